The predicted octanol–water partition coefficient (Wildman–Crippen LogP) is 3.80. The summed E-state index contributed by atoms with van der Waals surface area (Å²) in [5, 5.41) is 1.22. The van der Waals surface area contributed by atoms with Crippen LogP contribution in [0.15, 0.2) is 53.5 Å². The van der Waals surface area contributed by atoms with Gasteiger partial charge < -0.3 is 10.3 Å². The first kappa shape index (κ1) is 18.3. The molecule has 3 aromatic rings. The van der Waals surface area contributed by atoms with E-state index in [0.717, 1.165) is 17.5 Å². The Morgan fingerprint density at radius 3 is 2.50 bits per heavy atom. The van der Waals surface area contributed by atoms with Crippen LogP contribution >= 0.6 is 0 Å². The van der Waals surface area contributed by atoms with Crippen molar-refractivity contribution in [1.29, 1.82) is 0 Å². The Bertz CT molecular complexity index is 1100. The normalized spacial score (nSPS) is 19.9. The summed E-state index contributed by atoms with van der Waals surface area (Å²) in [7, 11) is 3.78. The topological polar surface area (TPSA) is 63.6 Å². The maximum absolute atomic E-state index is 12.4. The van der Waals surface area contributed by atoms with Gasteiger partial charge in [0.2, 0.25) is 5.91 Å². The van der Waals surface area contributed by atoms with E-state index in [1.165, 1.54) is 27.1 Å². The van der Waals surface area contributed by atoms with Crippen LogP contribution in [-0.2, 0) is 23.8 Å². The quantitative estimate of drug-likeness (QED) is 0.758. The van der Waals surface area contributed by atoms with Gasteiger partial charge in [-0.1, -0.05) is 49.4 Å². The Labute approximate surface area is 165 Å². The van der Waals surface area contributed by atoms with Crippen LogP contribution in [0, 0.1) is 0 Å². The van der Waals surface area contributed by atoms with Crippen molar-refractivity contribution in [1.82, 2.24) is 9.47 Å². The second kappa shape index (κ2) is 6.51. The maximum atomic E-state index is 12.4. The lowest BCUT2D eigenvalue weighted by atomic mass is 9.87. The van der Waals surface area contributed by atoms with Crippen LogP contribution in [-0.4, -0.2) is 28.4 Å². The minimum atomic E-state index is -0.647. The van der Waals surface area contributed by atoms with E-state index in [-0.39, 0.29) is 11.9 Å². The number of aryl methyl sites for hydroxylation is 1. The van der Waals surface area contributed by atoms with Gasteiger partial charge in [0.05, 0.1) is 12.0 Å². The SMILES string of the molecule is CCc1c(-c2ccccc2)c2ccc([C@]3(C)CC(=O)N(C)C(N)=N3)cc2n1C. The first-order valence-corrected chi connectivity index (χ1v) is 9.65. The standard InChI is InChI=1S/C23H26N4O/c1-5-18-21(15-9-7-6-8-10-15)17-12-11-16(13-19(17)26(18)3)23(2)14-20(28)27(4)22(24)25-23/h6-13H,5,14H2,1-4H3,(H2,24,25)/t23-/m0/s1. The van der Waals surface area contributed by atoms with Crippen molar-refractivity contribution in [2.24, 2.45) is 17.8 Å². The van der Waals surface area contributed by atoms with E-state index in [0.29, 0.717) is 6.42 Å². The molecule has 2 N–H and O–H groups in total. The fourth-order valence-electron chi connectivity index (χ4n) is 4.24. The van der Waals surface area contributed by atoms with Crippen molar-refractivity contribution in [2.45, 2.75) is 32.2 Å². The van der Waals surface area contributed by atoms with Crippen LogP contribution in [0.3, 0.4) is 0 Å². The molecule has 0 saturated heterocycles. The van der Waals surface area contributed by atoms with Gasteiger partial charge in [0.15, 0.2) is 5.96 Å². The molecule has 0 spiro atoms. The average Bonchev–Trinajstić information content (AvgIpc) is 2.98. The van der Waals surface area contributed by atoms with Crippen molar-refractivity contribution in [3.63, 3.8) is 0 Å². The molecule has 0 fully saturated rings. The third-order valence-electron chi connectivity index (χ3n) is 5.92. The van der Waals surface area contributed by atoms with Gasteiger partial charge in [0, 0.05) is 36.3 Å². The van der Waals surface area contributed by atoms with Crippen molar-refractivity contribution >= 4 is 22.8 Å². The molecule has 0 aliphatic carbocycles. The number of carbonyl (C=O) groups excluding carboxylic acids is 1. The molecule has 0 unspecified atom stereocenters. The van der Waals surface area contributed by atoms with Gasteiger partial charge >= 0.3 is 0 Å². The number of benzene rings is 2. The second-order valence-electron chi connectivity index (χ2n) is 7.71. The lowest BCUT2D eigenvalue weighted by molar-refractivity contribution is -0.128. The molecular weight excluding hydrogens is 348 g/mol. The molecule has 5 heteroatoms. The number of guanidine groups is 1. The summed E-state index contributed by atoms with van der Waals surface area (Å²) in [5.74, 6) is 0.256. The predicted molar refractivity (Wildman–Crippen MR) is 114 cm³/mol. The van der Waals surface area contributed by atoms with Crippen LogP contribution < -0.4 is 5.73 Å². The molecule has 144 valence electrons. The first-order chi connectivity index (χ1) is 13.4. The molecule has 1 amide bonds. The highest BCUT2D eigenvalue weighted by molar-refractivity contribution is 6.00. The molecule has 0 radical (unpaired) electrons. The summed E-state index contributed by atoms with van der Waals surface area (Å²) in [6.45, 7) is 4.16. The summed E-state index contributed by atoms with van der Waals surface area (Å²) in [4.78, 5) is 18.4. The molecule has 4 rings (SSSR count). The van der Waals surface area contributed by atoms with E-state index in [1.807, 2.05) is 13.0 Å². The molecule has 1 aliphatic heterocycles. The van der Waals surface area contributed by atoms with E-state index < -0.39 is 5.54 Å². The zero-order valence-corrected chi connectivity index (χ0v) is 16.9. The van der Waals surface area contributed by atoms with Crippen molar-refractivity contribution in [3.05, 3.63) is 59.8 Å². The van der Waals surface area contributed by atoms with Crippen LogP contribution in [0.5, 0.6) is 0 Å². The van der Waals surface area contributed by atoms with Gasteiger partial charge in [-0.05, 0) is 30.5 Å². The molecule has 5 nitrogen and oxygen atoms in total. The highest BCUT2D eigenvalue weighted by Crippen LogP contribution is 2.39. The average molecular weight is 374 g/mol. The summed E-state index contributed by atoms with van der Waals surface area (Å²) in [5.41, 5.74) is 11.3. The van der Waals surface area contributed by atoms with Gasteiger partial charge in [-0.3, -0.25) is 9.69 Å². The fraction of sp³-hybridized carbons (Fsp3) is 0.304. The highest BCUT2D eigenvalue weighted by Gasteiger charge is 2.36. The van der Waals surface area contributed by atoms with Crippen LogP contribution in [0.4, 0.5) is 0 Å². The summed E-state index contributed by atoms with van der Waals surface area (Å²) in [6, 6.07) is 16.9. The Balaban J connectivity index is 1.92. The second-order valence-corrected chi connectivity index (χ2v) is 7.71. The van der Waals surface area contributed by atoms with Crippen molar-refractivity contribution in [3.8, 4) is 11.1 Å². The Hall–Kier alpha value is -3.08. The number of nitrogens with zero attached hydrogens (tertiary/aromatic N) is 3. The Morgan fingerprint density at radius 1 is 1.14 bits per heavy atom. The van der Waals surface area contributed by atoms with Crippen molar-refractivity contribution in [2.75, 3.05) is 7.05 Å². The molecule has 2 heterocycles. The van der Waals surface area contributed by atoms with E-state index in [4.69, 9.17) is 5.73 Å². The smallest absolute Gasteiger partial charge is 0.231 e. The van der Waals surface area contributed by atoms with Gasteiger partial charge in [0.1, 0.15) is 0 Å². The minimum absolute atomic E-state index is 0.0128. The maximum Gasteiger partial charge on any atom is 0.231 e. The van der Waals surface area contributed by atoms with E-state index in [2.05, 4.69) is 66.0 Å². The van der Waals surface area contributed by atoms with Crippen molar-refractivity contribution < 1.29 is 4.79 Å². The van der Waals surface area contributed by atoms with Gasteiger partial charge in [-0.2, -0.15) is 0 Å². The highest BCUT2D eigenvalue weighted by atomic mass is 16.2. The van der Waals surface area contributed by atoms with Crippen LogP contribution in [0.2, 0.25) is 0 Å². The third-order valence-corrected chi connectivity index (χ3v) is 5.92. The number of rotatable bonds is 3. The number of hydrogen-bond acceptors (Lipinski definition) is 3. The third kappa shape index (κ3) is 2.70. The number of aromatic nitrogens is 1. The summed E-state index contributed by atoms with van der Waals surface area (Å²) < 4.78 is 2.26. The zero-order valence-electron chi connectivity index (χ0n) is 16.9. The van der Waals surface area contributed by atoms with Gasteiger partial charge in [0.25, 0.3) is 0 Å². The molecule has 0 bridgehead atoms. The molecule has 1 atom stereocenters. The lowest BCUT2D eigenvalue weighted by Gasteiger charge is -2.33. The molecule has 1 aliphatic rings. The zero-order chi connectivity index (χ0) is 20.1. The Morgan fingerprint density at radius 2 is 1.86 bits per heavy atom. The summed E-state index contributed by atoms with van der Waals surface area (Å²) >= 11 is 0. The number of nitrogens with two attached hydrogens (primary N) is 1. The lowest BCUT2D eigenvalue weighted by Crippen LogP contribution is -2.47. The molecular formula is C23H26N4O. The summed E-state index contributed by atoms with van der Waals surface area (Å²) in [6.07, 6.45) is 1.25. The monoisotopic (exact) mass is 374 g/mol. The molecule has 28 heavy (non-hydrogen) atoms. The fourth-order valence-corrected chi connectivity index (χ4v) is 4.24. The Kier molecular flexibility index (Phi) is 4.26. The van der Waals surface area contributed by atoms with Crippen LogP contribution in [0.1, 0.15) is 31.5 Å². The number of hydrogen-bond donors (Lipinski definition) is 1. The largest absolute Gasteiger partial charge is 0.369 e. The number of fused-ring (bicyclic) bond motifs is 1. The minimum Gasteiger partial charge on any atom is -0.369 e. The molecule has 2 aromatic carbocycles. The molecule has 1 aromatic heterocycles. The molecule has 0 saturated carbocycles. The first-order valence-electron chi connectivity index (χ1n) is 9.65. The number of amides is 1. The van der Waals surface area contributed by atoms with Gasteiger partial charge in [-0.25, -0.2) is 4.99 Å². The van der Waals surface area contributed by atoms with E-state index in [1.54, 1.807) is 7.05 Å². The number of aliphatic imine (C=N–C) groups is 1. The van der Waals surface area contributed by atoms with E-state index >= 15 is 0 Å². The number of carbonyl (C=O) groups is 1. The van der Waals surface area contributed by atoms with E-state index in [9.17, 15) is 4.79 Å². The van der Waals surface area contributed by atoms with Gasteiger partial charge in [-0.15, -0.1) is 0 Å². The van der Waals surface area contributed by atoms with Crippen LogP contribution in [0.25, 0.3) is 22.0 Å².